The lowest BCUT2D eigenvalue weighted by molar-refractivity contribution is -0.110. The van der Waals surface area contributed by atoms with E-state index in [2.05, 4.69) is 5.32 Å². The van der Waals surface area contributed by atoms with Crippen molar-refractivity contribution >= 4 is 28.9 Å². The number of fused-ring (bicyclic) bond motifs is 1. The number of allylic oxidation sites excluding steroid dienone is 1. The first-order valence-corrected chi connectivity index (χ1v) is 5.65. The highest BCUT2D eigenvalue weighted by Crippen LogP contribution is 2.34. The molecule has 1 aliphatic heterocycles. The summed E-state index contributed by atoms with van der Waals surface area (Å²) in [5.41, 5.74) is 2.71. The molecule has 0 saturated carbocycles. The van der Waals surface area contributed by atoms with Gasteiger partial charge in [-0.2, -0.15) is 0 Å². The molecular weight excluding hydrogens is 194 g/mol. The molecule has 0 fully saturated rings. The Morgan fingerprint density at radius 1 is 1.43 bits per heavy atom. The molecule has 2 nitrogen and oxygen atoms in total. The van der Waals surface area contributed by atoms with E-state index in [9.17, 15) is 4.79 Å². The Labute approximate surface area is 87.4 Å². The summed E-state index contributed by atoms with van der Waals surface area (Å²) in [6.07, 6.45) is 3.88. The number of benzene rings is 1. The highest BCUT2D eigenvalue weighted by molar-refractivity contribution is 7.98. The predicted molar refractivity (Wildman–Crippen MR) is 60.5 cm³/mol. The molecule has 0 aromatic heterocycles. The second-order valence-electron chi connectivity index (χ2n) is 3.07. The van der Waals surface area contributed by atoms with Gasteiger partial charge in [0, 0.05) is 21.7 Å². The Balaban J connectivity index is 2.56. The Bertz CT molecular complexity index is 423. The van der Waals surface area contributed by atoms with Crippen molar-refractivity contribution < 1.29 is 4.79 Å². The van der Waals surface area contributed by atoms with Crippen LogP contribution in [0.3, 0.4) is 0 Å². The van der Waals surface area contributed by atoms with E-state index in [0.29, 0.717) is 0 Å². The van der Waals surface area contributed by atoms with Crippen LogP contribution in [0.4, 0.5) is 5.69 Å². The maximum atomic E-state index is 11.5. The lowest BCUT2D eigenvalue weighted by atomic mass is 10.1. The molecule has 3 heteroatoms. The molecule has 1 amide bonds. The van der Waals surface area contributed by atoms with Crippen LogP contribution in [-0.4, -0.2) is 12.2 Å². The Kier molecular flexibility index (Phi) is 2.33. The third kappa shape index (κ3) is 1.34. The van der Waals surface area contributed by atoms with Gasteiger partial charge in [0.05, 0.1) is 0 Å². The first-order valence-electron chi connectivity index (χ1n) is 4.42. The molecule has 0 bridgehead atoms. The van der Waals surface area contributed by atoms with E-state index in [0.717, 1.165) is 16.8 Å². The lowest BCUT2D eigenvalue weighted by Crippen LogP contribution is -2.03. The molecule has 72 valence electrons. The fourth-order valence-corrected chi connectivity index (χ4v) is 2.02. The summed E-state index contributed by atoms with van der Waals surface area (Å²) in [4.78, 5) is 12.7. The quantitative estimate of drug-likeness (QED) is 0.564. The SMILES string of the molecule is C/C=C1\C(=O)Nc2ccc(SC)cc21. The van der Waals surface area contributed by atoms with Crippen LogP contribution >= 0.6 is 11.8 Å². The van der Waals surface area contributed by atoms with Gasteiger partial charge in [-0.1, -0.05) is 6.08 Å². The van der Waals surface area contributed by atoms with Crippen LogP contribution in [0.15, 0.2) is 29.2 Å². The topological polar surface area (TPSA) is 29.1 Å². The van der Waals surface area contributed by atoms with Gasteiger partial charge in [0.1, 0.15) is 0 Å². The third-order valence-corrected chi connectivity index (χ3v) is 3.02. The zero-order valence-corrected chi connectivity index (χ0v) is 8.94. The highest BCUT2D eigenvalue weighted by atomic mass is 32.2. The fraction of sp³-hybridized carbons (Fsp3) is 0.182. The van der Waals surface area contributed by atoms with Gasteiger partial charge in [-0.3, -0.25) is 4.79 Å². The number of amides is 1. The molecule has 2 rings (SSSR count). The van der Waals surface area contributed by atoms with Gasteiger partial charge in [0.2, 0.25) is 0 Å². The van der Waals surface area contributed by atoms with Gasteiger partial charge in [-0.15, -0.1) is 11.8 Å². The van der Waals surface area contributed by atoms with Crippen LogP contribution in [0.1, 0.15) is 12.5 Å². The highest BCUT2D eigenvalue weighted by Gasteiger charge is 2.22. The van der Waals surface area contributed by atoms with Gasteiger partial charge in [-0.05, 0) is 31.4 Å². The van der Waals surface area contributed by atoms with Crippen molar-refractivity contribution in [1.82, 2.24) is 0 Å². The maximum Gasteiger partial charge on any atom is 0.256 e. The van der Waals surface area contributed by atoms with Gasteiger partial charge < -0.3 is 5.32 Å². The molecule has 0 saturated heterocycles. The minimum Gasteiger partial charge on any atom is -0.321 e. The lowest BCUT2D eigenvalue weighted by Gasteiger charge is -2.00. The van der Waals surface area contributed by atoms with E-state index in [1.807, 2.05) is 37.5 Å². The molecule has 1 aliphatic rings. The summed E-state index contributed by atoms with van der Waals surface area (Å²) in [6, 6.07) is 6.02. The summed E-state index contributed by atoms with van der Waals surface area (Å²) in [7, 11) is 0. The zero-order chi connectivity index (χ0) is 10.1. The molecule has 1 aromatic rings. The number of carbonyl (C=O) groups excluding carboxylic acids is 1. The molecule has 0 aliphatic carbocycles. The second-order valence-corrected chi connectivity index (χ2v) is 3.95. The van der Waals surface area contributed by atoms with Crippen LogP contribution < -0.4 is 5.32 Å². The Hall–Kier alpha value is -1.22. The summed E-state index contributed by atoms with van der Waals surface area (Å²) in [5.74, 6) is 0.000697. The third-order valence-electron chi connectivity index (χ3n) is 2.30. The van der Waals surface area contributed by atoms with Gasteiger partial charge in [0.15, 0.2) is 0 Å². The summed E-state index contributed by atoms with van der Waals surface area (Å²) in [5, 5.41) is 2.83. The largest absolute Gasteiger partial charge is 0.321 e. The molecule has 0 unspecified atom stereocenters. The zero-order valence-electron chi connectivity index (χ0n) is 8.13. The fourth-order valence-electron chi connectivity index (χ4n) is 1.58. The Morgan fingerprint density at radius 3 is 2.86 bits per heavy atom. The van der Waals surface area contributed by atoms with E-state index in [4.69, 9.17) is 0 Å². The summed E-state index contributed by atoms with van der Waals surface area (Å²) in [6.45, 7) is 1.88. The standard InChI is InChI=1S/C11H11NOS/c1-3-8-9-6-7(14-2)4-5-10(9)12-11(8)13/h3-6H,1-2H3,(H,12,13)/b8-3-. The second kappa shape index (κ2) is 3.50. The summed E-state index contributed by atoms with van der Waals surface area (Å²) >= 11 is 1.68. The van der Waals surface area contributed by atoms with Crippen LogP contribution in [0.2, 0.25) is 0 Å². The van der Waals surface area contributed by atoms with E-state index in [-0.39, 0.29) is 5.91 Å². The Morgan fingerprint density at radius 2 is 2.21 bits per heavy atom. The number of hydrogen-bond donors (Lipinski definition) is 1. The molecule has 0 atom stereocenters. The number of nitrogens with one attached hydrogen (secondary N) is 1. The molecule has 1 aromatic carbocycles. The van der Waals surface area contributed by atoms with Crippen molar-refractivity contribution in [3.8, 4) is 0 Å². The molecule has 14 heavy (non-hydrogen) atoms. The number of hydrogen-bond acceptors (Lipinski definition) is 2. The normalized spacial score (nSPS) is 17.0. The van der Waals surface area contributed by atoms with Crippen LogP contribution in [0.25, 0.3) is 5.57 Å². The van der Waals surface area contributed by atoms with E-state index < -0.39 is 0 Å². The molecule has 1 heterocycles. The van der Waals surface area contributed by atoms with Crippen molar-refractivity contribution in [1.29, 1.82) is 0 Å². The monoisotopic (exact) mass is 205 g/mol. The molecule has 1 N–H and O–H groups in total. The predicted octanol–water partition coefficient (Wildman–Crippen LogP) is 2.76. The van der Waals surface area contributed by atoms with E-state index >= 15 is 0 Å². The first-order chi connectivity index (χ1) is 6.76. The summed E-state index contributed by atoms with van der Waals surface area (Å²) < 4.78 is 0. The average Bonchev–Trinajstić information content (AvgIpc) is 2.52. The van der Waals surface area contributed by atoms with Gasteiger partial charge in [-0.25, -0.2) is 0 Å². The number of anilines is 1. The van der Waals surface area contributed by atoms with Crippen LogP contribution in [0.5, 0.6) is 0 Å². The van der Waals surface area contributed by atoms with Crippen molar-refractivity contribution in [2.75, 3.05) is 11.6 Å². The van der Waals surface area contributed by atoms with Crippen molar-refractivity contribution in [2.24, 2.45) is 0 Å². The average molecular weight is 205 g/mol. The van der Waals surface area contributed by atoms with Crippen molar-refractivity contribution in [3.05, 3.63) is 29.8 Å². The smallest absolute Gasteiger partial charge is 0.256 e. The minimum atomic E-state index is 0.000697. The molecule has 0 radical (unpaired) electrons. The first kappa shape index (κ1) is 9.34. The molecule has 0 spiro atoms. The van der Waals surface area contributed by atoms with E-state index in [1.165, 1.54) is 4.90 Å². The van der Waals surface area contributed by atoms with Crippen molar-refractivity contribution in [3.63, 3.8) is 0 Å². The van der Waals surface area contributed by atoms with Crippen LogP contribution in [-0.2, 0) is 4.79 Å². The van der Waals surface area contributed by atoms with Gasteiger partial charge >= 0.3 is 0 Å². The van der Waals surface area contributed by atoms with Crippen LogP contribution in [0, 0.1) is 0 Å². The van der Waals surface area contributed by atoms with E-state index in [1.54, 1.807) is 11.8 Å². The molecular formula is C11H11NOS. The number of thioether (sulfide) groups is 1. The minimum absolute atomic E-state index is 0.000697. The maximum absolute atomic E-state index is 11.5. The number of rotatable bonds is 1. The number of carbonyl (C=O) groups is 1. The van der Waals surface area contributed by atoms with Crippen molar-refractivity contribution in [2.45, 2.75) is 11.8 Å². The van der Waals surface area contributed by atoms with Gasteiger partial charge in [0.25, 0.3) is 5.91 Å².